The van der Waals surface area contributed by atoms with E-state index in [2.05, 4.69) is 32.5 Å². The Labute approximate surface area is 151 Å². The number of thioether (sulfide) groups is 1. The number of likely N-dealkylation sites (N-methyl/N-ethyl adjacent to an activating group) is 1. The molecule has 1 aromatic carbocycles. The zero-order valence-electron chi connectivity index (χ0n) is 14.3. The van der Waals surface area contributed by atoms with Crippen molar-refractivity contribution in [3.8, 4) is 0 Å². The van der Waals surface area contributed by atoms with Crippen molar-refractivity contribution in [2.24, 2.45) is 0 Å². The van der Waals surface area contributed by atoms with E-state index in [1.165, 1.54) is 17.3 Å². The molecule has 0 saturated carbocycles. The summed E-state index contributed by atoms with van der Waals surface area (Å²) in [5.41, 5.74) is 1.96. The minimum Gasteiger partial charge on any atom is -0.353 e. The highest BCUT2D eigenvalue weighted by molar-refractivity contribution is 7.99. The molecule has 0 aliphatic carbocycles. The van der Waals surface area contributed by atoms with Gasteiger partial charge in [-0.2, -0.15) is 0 Å². The van der Waals surface area contributed by atoms with Gasteiger partial charge in [0.15, 0.2) is 10.8 Å². The summed E-state index contributed by atoms with van der Waals surface area (Å²) in [6.07, 6.45) is 1.90. The van der Waals surface area contributed by atoms with Crippen LogP contribution in [0.3, 0.4) is 0 Å². The predicted octanol–water partition coefficient (Wildman–Crippen LogP) is 2.24. The van der Waals surface area contributed by atoms with Gasteiger partial charge in [0, 0.05) is 12.7 Å². The maximum absolute atomic E-state index is 12.2. The number of carbonyl (C=O) groups is 1. The van der Waals surface area contributed by atoms with E-state index in [-0.39, 0.29) is 11.9 Å². The van der Waals surface area contributed by atoms with Crippen molar-refractivity contribution in [2.75, 3.05) is 26.4 Å². The number of benzene rings is 1. The van der Waals surface area contributed by atoms with E-state index >= 15 is 0 Å². The Bertz CT molecular complexity index is 834. The normalized spacial score (nSPS) is 12.4. The molecule has 2 aromatic heterocycles. The Morgan fingerprint density at radius 3 is 2.68 bits per heavy atom. The first-order valence-corrected chi connectivity index (χ1v) is 9.04. The molecule has 7 heteroatoms. The lowest BCUT2D eigenvalue weighted by Gasteiger charge is -2.25. The molecular weight excluding hydrogens is 334 g/mol. The van der Waals surface area contributed by atoms with Crippen LogP contribution in [0.2, 0.25) is 0 Å². The monoisotopic (exact) mass is 355 g/mol. The number of nitrogens with one attached hydrogen (secondary N) is 1. The van der Waals surface area contributed by atoms with Gasteiger partial charge in [-0.15, -0.1) is 10.2 Å². The third kappa shape index (κ3) is 4.37. The minimum atomic E-state index is -0.0135. The van der Waals surface area contributed by atoms with Gasteiger partial charge >= 0.3 is 0 Å². The first-order valence-electron chi connectivity index (χ1n) is 8.06. The van der Waals surface area contributed by atoms with Gasteiger partial charge in [-0.1, -0.05) is 48.2 Å². The van der Waals surface area contributed by atoms with Crippen molar-refractivity contribution in [1.29, 1.82) is 0 Å². The highest BCUT2D eigenvalue weighted by Crippen LogP contribution is 2.18. The van der Waals surface area contributed by atoms with Crippen LogP contribution in [0.5, 0.6) is 0 Å². The number of hydrogen-bond acceptors (Lipinski definition) is 5. The maximum Gasteiger partial charge on any atom is 0.230 e. The fourth-order valence-corrected chi connectivity index (χ4v) is 3.34. The van der Waals surface area contributed by atoms with Gasteiger partial charge in [-0.05, 0) is 31.8 Å². The topological polar surface area (TPSA) is 62.5 Å². The molecule has 0 radical (unpaired) electrons. The number of aromatic nitrogens is 3. The van der Waals surface area contributed by atoms with Crippen LogP contribution in [0, 0.1) is 0 Å². The molecule has 0 aliphatic rings. The Balaban J connectivity index is 1.55. The van der Waals surface area contributed by atoms with Crippen LogP contribution >= 0.6 is 11.8 Å². The van der Waals surface area contributed by atoms with Crippen molar-refractivity contribution >= 4 is 23.3 Å². The van der Waals surface area contributed by atoms with Gasteiger partial charge in [-0.25, -0.2) is 0 Å². The SMILES string of the molecule is CN(C)[C@H](CNC(=O)CSc1nnc2ccccn12)c1ccccc1. The lowest BCUT2D eigenvalue weighted by Crippen LogP contribution is -2.35. The smallest absolute Gasteiger partial charge is 0.230 e. The minimum absolute atomic E-state index is 0.0135. The molecule has 0 aliphatic heterocycles. The number of pyridine rings is 1. The van der Waals surface area contributed by atoms with Crippen LogP contribution in [-0.2, 0) is 4.79 Å². The summed E-state index contributed by atoms with van der Waals surface area (Å²) in [5, 5.41) is 11.9. The van der Waals surface area contributed by atoms with Crippen LogP contribution in [-0.4, -0.2) is 51.8 Å². The van der Waals surface area contributed by atoms with Crippen LogP contribution in [0.15, 0.2) is 59.9 Å². The van der Waals surface area contributed by atoms with Gasteiger partial charge < -0.3 is 10.2 Å². The molecule has 3 rings (SSSR count). The Morgan fingerprint density at radius 2 is 1.92 bits per heavy atom. The molecule has 130 valence electrons. The lowest BCUT2D eigenvalue weighted by atomic mass is 10.1. The van der Waals surface area contributed by atoms with E-state index in [9.17, 15) is 4.79 Å². The average molecular weight is 355 g/mol. The molecule has 1 amide bonds. The molecule has 6 nitrogen and oxygen atoms in total. The summed E-state index contributed by atoms with van der Waals surface area (Å²) in [6, 6.07) is 16.0. The second-order valence-electron chi connectivity index (χ2n) is 5.89. The molecule has 1 atom stereocenters. The van der Waals surface area contributed by atoms with Gasteiger partial charge in [0.25, 0.3) is 0 Å². The number of fused-ring (bicyclic) bond motifs is 1. The Hall–Kier alpha value is -2.38. The summed E-state index contributed by atoms with van der Waals surface area (Å²) in [4.78, 5) is 14.3. The highest BCUT2D eigenvalue weighted by atomic mass is 32.2. The first-order chi connectivity index (χ1) is 12.1. The van der Waals surface area contributed by atoms with E-state index in [1.54, 1.807) is 0 Å². The van der Waals surface area contributed by atoms with E-state index < -0.39 is 0 Å². The molecular formula is C18H21N5OS. The van der Waals surface area contributed by atoms with Crippen LogP contribution in [0.4, 0.5) is 0 Å². The number of rotatable bonds is 7. The van der Waals surface area contributed by atoms with Gasteiger partial charge in [0.2, 0.25) is 5.91 Å². The van der Waals surface area contributed by atoms with Crippen molar-refractivity contribution in [3.63, 3.8) is 0 Å². The zero-order chi connectivity index (χ0) is 17.6. The quantitative estimate of drug-likeness (QED) is 0.659. The summed E-state index contributed by atoms with van der Waals surface area (Å²) >= 11 is 1.38. The number of hydrogen-bond donors (Lipinski definition) is 1. The van der Waals surface area contributed by atoms with Gasteiger partial charge in [-0.3, -0.25) is 9.20 Å². The summed E-state index contributed by atoms with van der Waals surface area (Å²) in [5.74, 6) is 0.297. The molecule has 0 fully saturated rings. The fourth-order valence-electron chi connectivity index (χ4n) is 2.58. The molecule has 3 aromatic rings. The number of amides is 1. The Morgan fingerprint density at radius 1 is 1.16 bits per heavy atom. The average Bonchev–Trinajstić information content (AvgIpc) is 3.04. The number of nitrogens with zero attached hydrogens (tertiary/aromatic N) is 4. The zero-order valence-corrected chi connectivity index (χ0v) is 15.1. The maximum atomic E-state index is 12.2. The van der Waals surface area contributed by atoms with E-state index in [4.69, 9.17) is 0 Å². The molecule has 0 saturated heterocycles. The van der Waals surface area contributed by atoms with Crippen LogP contribution in [0.1, 0.15) is 11.6 Å². The van der Waals surface area contributed by atoms with E-state index in [0.717, 1.165) is 10.8 Å². The Kier molecular flexibility index (Phi) is 5.67. The van der Waals surface area contributed by atoms with Crippen LogP contribution in [0.25, 0.3) is 5.65 Å². The molecule has 0 bridgehead atoms. The van der Waals surface area contributed by atoms with Crippen LogP contribution < -0.4 is 5.32 Å². The molecule has 25 heavy (non-hydrogen) atoms. The van der Waals surface area contributed by atoms with Gasteiger partial charge in [0.1, 0.15) is 0 Å². The third-order valence-corrected chi connectivity index (χ3v) is 4.86. The molecule has 0 unspecified atom stereocenters. The van der Waals surface area contributed by atoms with Crippen molar-refractivity contribution in [3.05, 3.63) is 60.3 Å². The third-order valence-electron chi connectivity index (χ3n) is 3.92. The number of carbonyl (C=O) groups excluding carboxylic acids is 1. The van der Waals surface area contributed by atoms with Crippen molar-refractivity contribution < 1.29 is 4.79 Å². The standard InChI is InChI=1S/C18H21N5OS/c1-22(2)15(14-8-4-3-5-9-14)12-19-17(24)13-25-18-21-20-16-10-6-7-11-23(16)18/h3-11,15H,12-13H2,1-2H3,(H,19,24)/t15-/m1/s1. The van der Waals surface area contributed by atoms with Crippen molar-refractivity contribution in [2.45, 2.75) is 11.2 Å². The summed E-state index contributed by atoms with van der Waals surface area (Å²) in [7, 11) is 4.03. The van der Waals surface area contributed by atoms with Crippen molar-refractivity contribution in [1.82, 2.24) is 24.8 Å². The second kappa shape index (κ2) is 8.13. The first kappa shape index (κ1) is 17.4. The van der Waals surface area contributed by atoms with E-state index in [1.807, 2.05) is 61.1 Å². The van der Waals surface area contributed by atoms with E-state index in [0.29, 0.717) is 12.3 Å². The molecule has 1 N–H and O–H groups in total. The molecule has 2 heterocycles. The highest BCUT2D eigenvalue weighted by Gasteiger charge is 2.15. The fraction of sp³-hybridized carbons (Fsp3) is 0.278. The largest absolute Gasteiger partial charge is 0.353 e. The molecule has 0 spiro atoms. The summed E-state index contributed by atoms with van der Waals surface area (Å²) < 4.78 is 1.88. The predicted molar refractivity (Wildman–Crippen MR) is 99.6 cm³/mol. The van der Waals surface area contributed by atoms with Gasteiger partial charge in [0.05, 0.1) is 11.8 Å². The summed E-state index contributed by atoms with van der Waals surface area (Å²) in [6.45, 7) is 0.566. The lowest BCUT2D eigenvalue weighted by molar-refractivity contribution is -0.118. The second-order valence-corrected chi connectivity index (χ2v) is 6.84.